The van der Waals surface area contributed by atoms with Crippen molar-refractivity contribution in [3.8, 4) is 11.5 Å². The fourth-order valence-electron chi connectivity index (χ4n) is 9.96. The van der Waals surface area contributed by atoms with E-state index in [9.17, 15) is 9.59 Å². The normalized spacial score (nSPS) is 17.4. The number of nitrogens with zero attached hydrogens (tertiary/aromatic N) is 4. The van der Waals surface area contributed by atoms with E-state index in [4.69, 9.17) is 43.4 Å². The Morgan fingerprint density at radius 3 is 1.82 bits per heavy atom. The van der Waals surface area contributed by atoms with Gasteiger partial charge >= 0.3 is 0 Å². The summed E-state index contributed by atoms with van der Waals surface area (Å²) in [4.78, 5) is 38.7. The highest BCUT2D eigenvalue weighted by atomic mass is 31.2. The number of aromatic nitrogens is 4. The quantitative estimate of drug-likeness (QED) is 0.0198. The number of ether oxygens (including phenoxy) is 5. The summed E-state index contributed by atoms with van der Waals surface area (Å²) in [5.41, 5.74) is 7.28. The van der Waals surface area contributed by atoms with Crippen molar-refractivity contribution in [2.24, 2.45) is 11.7 Å². The van der Waals surface area contributed by atoms with Crippen LogP contribution in [0.4, 0.5) is 5.95 Å². The van der Waals surface area contributed by atoms with Gasteiger partial charge in [-0.3, -0.25) is 24.5 Å². The van der Waals surface area contributed by atoms with Gasteiger partial charge in [0.1, 0.15) is 35.4 Å². The molecule has 16 nitrogen and oxygen atoms in total. The minimum Gasteiger partial charge on any atom is -0.497 e. The molecule has 3 heterocycles. The molecule has 0 saturated carbocycles. The zero-order valence-electron chi connectivity index (χ0n) is 46.8. The number of H-pyrrole nitrogens is 1. The number of carbonyl (C=O) groups excluding carboxylic acids is 1. The number of imidazole rings is 1. The van der Waals surface area contributed by atoms with Gasteiger partial charge in [0.05, 0.1) is 33.8 Å². The smallest absolute Gasteiger partial charge is 0.280 e. The van der Waals surface area contributed by atoms with E-state index in [1.165, 1.54) is 70.6 Å². The summed E-state index contributed by atoms with van der Waals surface area (Å²) >= 11 is 0. The third-order valence-corrected chi connectivity index (χ3v) is 16.1. The van der Waals surface area contributed by atoms with Crippen LogP contribution in [0.5, 0.6) is 11.5 Å². The second-order valence-corrected chi connectivity index (χ2v) is 22.1. The molecule has 1 aliphatic rings. The maximum atomic E-state index is 13.7. The summed E-state index contributed by atoms with van der Waals surface area (Å²) in [6.45, 7) is 15.3. The monoisotopic (exact) mass is 1070 g/mol. The number of benzene rings is 3. The number of rotatable bonds is 35. The lowest BCUT2D eigenvalue weighted by atomic mass is 9.80. The molecule has 1 aliphatic heterocycles. The molecule has 0 radical (unpaired) electrons. The molecule has 17 heteroatoms. The highest BCUT2D eigenvalue weighted by molar-refractivity contribution is 7.44. The van der Waals surface area contributed by atoms with Crippen LogP contribution >= 0.6 is 8.53 Å². The number of aromatic amines is 1. The molecular formula is C59H88N7O9P. The molecule has 1 amide bonds. The van der Waals surface area contributed by atoms with Crippen LogP contribution in [0.3, 0.4) is 0 Å². The first kappa shape index (κ1) is 60.5. The SMILES string of the molecule is CCCCCCCCCCCCCCCCO[C@@H]1C(OP(OCCN)N(C(C)C)C(C)C)[C@@H](COC(c2ccccc2)(c2ccc(OC)cc2)c2ccc(OC)cc2)O[C@H]1n1cnc2c(=O)[nH]c(NC(=O)C(C)C)nc21. The number of hydrogen-bond acceptors (Lipinski definition) is 13. The van der Waals surface area contributed by atoms with Gasteiger partial charge in [0, 0.05) is 31.2 Å². The maximum Gasteiger partial charge on any atom is 0.280 e. The van der Waals surface area contributed by atoms with Crippen LogP contribution in [0.1, 0.15) is 161 Å². The molecule has 4 N–H and O–H groups in total. The lowest BCUT2D eigenvalue weighted by Crippen LogP contribution is -2.43. The minimum absolute atomic E-state index is 0.00153. The van der Waals surface area contributed by atoms with Gasteiger partial charge in [0.25, 0.3) is 14.1 Å². The van der Waals surface area contributed by atoms with Gasteiger partial charge < -0.3 is 38.5 Å². The zero-order chi connectivity index (χ0) is 54.5. The van der Waals surface area contributed by atoms with E-state index < -0.39 is 44.2 Å². The highest BCUT2D eigenvalue weighted by Crippen LogP contribution is 2.51. The van der Waals surface area contributed by atoms with Gasteiger partial charge in [0.15, 0.2) is 17.4 Å². The molecule has 6 rings (SSSR count). The lowest BCUT2D eigenvalue weighted by molar-refractivity contribution is -0.118. The summed E-state index contributed by atoms with van der Waals surface area (Å²) in [6.07, 6.45) is 15.5. The van der Waals surface area contributed by atoms with E-state index in [2.05, 4.69) is 66.7 Å². The topological polar surface area (TPSA) is 187 Å². The largest absolute Gasteiger partial charge is 0.497 e. The Bertz CT molecular complexity index is 2450. The van der Waals surface area contributed by atoms with Crippen LogP contribution in [-0.4, -0.2) is 101 Å². The first-order chi connectivity index (χ1) is 36.9. The number of anilines is 1. The highest BCUT2D eigenvalue weighted by Gasteiger charge is 2.52. The summed E-state index contributed by atoms with van der Waals surface area (Å²) < 4.78 is 51.1. The molecule has 0 aliphatic carbocycles. The summed E-state index contributed by atoms with van der Waals surface area (Å²) in [6, 6.07) is 26.0. The van der Waals surface area contributed by atoms with E-state index in [-0.39, 0.29) is 54.2 Å². The number of methoxy groups -OCH3 is 2. The maximum absolute atomic E-state index is 13.7. The number of hydrogen-bond donors (Lipinski definition) is 3. The van der Waals surface area contributed by atoms with Gasteiger partial charge in [0.2, 0.25) is 11.9 Å². The van der Waals surface area contributed by atoms with Crippen molar-refractivity contribution in [1.29, 1.82) is 0 Å². The minimum atomic E-state index is -1.76. The molecule has 418 valence electrons. The number of nitrogens with one attached hydrogen (secondary N) is 2. The number of amides is 1. The number of carbonyl (C=O) groups is 1. The second kappa shape index (κ2) is 31.0. The molecule has 1 saturated heterocycles. The Balaban J connectivity index is 1.39. The first-order valence-electron chi connectivity index (χ1n) is 28.0. The van der Waals surface area contributed by atoms with E-state index in [0.717, 1.165) is 36.0 Å². The Kier molecular flexibility index (Phi) is 24.6. The molecule has 0 spiro atoms. The van der Waals surface area contributed by atoms with Crippen molar-refractivity contribution in [2.75, 3.05) is 45.9 Å². The molecule has 5 aromatic rings. The number of nitrogens with two attached hydrogens (primary N) is 1. The molecule has 3 aromatic carbocycles. The van der Waals surface area contributed by atoms with Crippen LogP contribution in [0.15, 0.2) is 90.0 Å². The van der Waals surface area contributed by atoms with E-state index in [1.807, 2.05) is 66.7 Å². The van der Waals surface area contributed by atoms with Gasteiger partial charge in [-0.2, -0.15) is 4.98 Å². The van der Waals surface area contributed by atoms with Gasteiger partial charge in [-0.15, -0.1) is 0 Å². The van der Waals surface area contributed by atoms with Crippen LogP contribution in [-0.2, 0) is 33.7 Å². The predicted molar refractivity (Wildman–Crippen MR) is 303 cm³/mol. The third-order valence-electron chi connectivity index (χ3n) is 14.0. The fraction of sp³-hybridized carbons (Fsp3) is 0.593. The molecule has 5 atom stereocenters. The van der Waals surface area contributed by atoms with Crippen LogP contribution in [0.25, 0.3) is 11.2 Å². The molecular weight excluding hydrogens is 982 g/mol. The zero-order valence-corrected chi connectivity index (χ0v) is 47.7. The molecule has 0 bridgehead atoms. The van der Waals surface area contributed by atoms with Crippen LogP contribution in [0.2, 0.25) is 0 Å². The Labute approximate surface area is 453 Å². The Hall–Kier alpha value is -4.77. The number of unbranched alkanes of at least 4 members (excludes halogenated alkanes) is 13. The second-order valence-electron chi connectivity index (χ2n) is 20.7. The van der Waals surface area contributed by atoms with Crippen LogP contribution < -0.4 is 26.1 Å². The van der Waals surface area contributed by atoms with E-state index in [0.29, 0.717) is 24.7 Å². The predicted octanol–water partition coefficient (Wildman–Crippen LogP) is 12.2. The van der Waals surface area contributed by atoms with Crippen molar-refractivity contribution in [1.82, 2.24) is 24.2 Å². The van der Waals surface area contributed by atoms with Crippen molar-refractivity contribution in [3.63, 3.8) is 0 Å². The first-order valence-corrected chi connectivity index (χ1v) is 29.1. The molecule has 2 aromatic heterocycles. The third kappa shape index (κ3) is 16.2. The average molecular weight is 1070 g/mol. The van der Waals surface area contributed by atoms with Crippen molar-refractivity contribution >= 4 is 31.5 Å². The summed E-state index contributed by atoms with van der Waals surface area (Å²) in [7, 11) is 1.53. The summed E-state index contributed by atoms with van der Waals surface area (Å²) in [5.74, 6) is 0.742. The Morgan fingerprint density at radius 2 is 1.30 bits per heavy atom. The van der Waals surface area contributed by atoms with Crippen molar-refractivity contribution < 1.29 is 37.5 Å². The van der Waals surface area contributed by atoms with E-state index >= 15 is 0 Å². The van der Waals surface area contributed by atoms with Crippen LogP contribution in [0, 0.1) is 5.92 Å². The molecule has 76 heavy (non-hydrogen) atoms. The van der Waals surface area contributed by atoms with E-state index in [1.54, 1.807) is 39.0 Å². The van der Waals surface area contributed by atoms with Crippen molar-refractivity contribution in [3.05, 3.63) is 112 Å². The molecule has 1 fully saturated rings. The molecule has 2 unspecified atom stereocenters. The van der Waals surface area contributed by atoms with Gasteiger partial charge in [-0.1, -0.05) is 159 Å². The summed E-state index contributed by atoms with van der Waals surface area (Å²) in [5, 5.41) is 2.76. The number of fused-ring (bicyclic) bond motifs is 1. The standard InChI is InChI=1S/C59H88N7O9P/c1-10-11-12-13-14-15-16-17-18-19-20-21-22-26-38-71-53-52(75-76(73-39-37-60)66(43(4)5)44(6)7)50(74-57(53)65-41-61-51-54(65)62-58(64-56(51)68)63-55(67)42(2)3)40-72-59(45-27-24-23-25-28-45,46-29-33-48(69-8)34-30-46)47-31-35-49(70-9)36-32-47/h23-25,27-36,41-44,50,52-53,57H,10-22,26,37-40,60H2,1-9H3,(H2,62,63,64,67,68)/t50-,52?,53-,57-,76?/m1/s1. The van der Waals surface area contributed by atoms with Crippen molar-refractivity contribution in [2.45, 2.75) is 181 Å². The van der Waals surface area contributed by atoms with Gasteiger partial charge in [-0.25, -0.2) is 9.65 Å². The van der Waals surface area contributed by atoms with Gasteiger partial charge in [-0.05, 0) is 75.1 Å². The Morgan fingerprint density at radius 1 is 0.763 bits per heavy atom. The average Bonchev–Trinajstić information content (AvgIpc) is 4.00. The fourth-order valence-corrected chi connectivity index (χ4v) is 11.7. The lowest BCUT2D eigenvalue weighted by Gasteiger charge is -2.39.